The highest BCUT2D eigenvalue weighted by molar-refractivity contribution is 5.38. The first-order valence-corrected chi connectivity index (χ1v) is 5.23. The largest absolute Gasteiger partial charge is 0.384 e. The molecule has 0 saturated carbocycles. The van der Waals surface area contributed by atoms with E-state index in [1.165, 1.54) is 6.07 Å². The summed E-state index contributed by atoms with van der Waals surface area (Å²) in [6.07, 6.45) is 0.957. The maximum atomic E-state index is 13.3. The number of benzene rings is 1. The number of hydrogen-bond donors (Lipinski definition) is 1. The molecule has 3 heteroatoms. The fourth-order valence-electron chi connectivity index (χ4n) is 1.23. The van der Waals surface area contributed by atoms with E-state index in [9.17, 15) is 4.39 Å². The summed E-state index contributed by atoms with van der Waals surface area (Å²) in [5.41, 5.74) is 1.18. The Labute approximate surface area is 95.1 Å². The Morgan fingerprint density at radius 1 is 1.44 bits per heavy atom. The van der Waals surface area contributed by atoms with Gasteiger partial charge in [0.15, 0.2) is 0 Å². The molecule has 0 heterocycles. The van der Waals surface area contributed by atoms with Gasteiger partial charge in [-0.3, -0.25) is 0 Å². The molecule has 2 nitrogen and oxygen atoms in total. The Kier molecular flexibility index (Phi) is 5.55. The van der Waals surface area contributed by atoms with Gasteiger partial charge in [0, 0.05) is 6.61 Å². The van der Waals surface area contributed by atoms with E-state index in [2.05, 4.69) is 11.8 Å². The third-order valence-corrected chi connectivity index (χ3v) is 1.95. The van der Waals surface area contributed by atoms with Crippen LogP contribution in [0.15, 0.2) is 18.2 Å². The van der Waals surface area contributed by atoms with Crippen LogP contribution in [0.1, 0.15) is 24.5 Å². The van der Waals surface area contributed by atoms with Crippen LogP contribution in [0.25, 0.3) is 0 Å². The van der Waals surface area contributed by atoms with Gasteiger partial charge in [-0.2, -0.15) is 0 Å². The van der Waals surface area contributed by atoms with Crippen LogP contribution in [0.3, 0.4) is 0 Å². The van der Waals surface area contributed by atoms with Crippen molar-refractivity contribution in [3.63, 3.8) is 0 Å². The molecule has 0 aromatic heterocycles. The van der Waals surface area contributed by atoms with Gasteiger partial charge in [-0.25, -0.2) is 4.39 Å². The van der Waals surface area contributed by atoms with Gasteiger partial charge in [0.2, 0.25) is 0 Å². The lowest BCUT2D eigenvalue weighted by Crippen LogP contribution is -1.95. The summed E-state index contributed by atoms with van der Waals surface area (Å²) >= 11 is 0. The zero-order valence-corrected chi connectivity index (χ0v) is 9.29. The van der Waals surface area contributed by atoms with Crippen LogP contribution in [0.5, 0.6) is 0 Å². The maximum Gasteiger partial charge on any atom is 0.138 e. The molecule has 1 aromatic rings. The second-order valence-corrected chi connectivity index (χ2v) is 3.33. The molecular formula is C13H15FO2. The van der Waals surface area contributed by atoms with Crippen molar-refractivity contribution < 1.29 is 14.2 Å². The van der Waals surface area contributed by atoms with E-state index < -0.39 is 0 Å². The fraction of sp³-hybridized carbons (Fsp3) is 0.385. The van der Waals surface area contributed by atoms with E-state index in [1.807, 2.05) is 6.92 Å². The van der Waals surface area contributed by atoms with Crippen molar-refractivity contribution >= 4 is 0 Å². The number of hydrogen-bond acceptors (Lipinski definition) is 2. The maximum absolute atomic E-state index is 13.3. The van der Waals surface area contributed by atoms with Gasteiger partial charge in [-0.15, -0.1) is 0 Å². The number of halogens is 1. The number of aliphatic hydroxyl groups excluding tert-OH is 1. The van der Waals surface area contributed by atoms with E-state index in [0.29, 0.717) is 18.8 Å². The van der Waals surface area contributed by atoms with Crippen LogP contribution in [0, 0.1) is 17.7 Å². The van der Waals surface area contributed by atoms with E-state index in [4.69, 9.17) is 9.84 Å². The summed E-state index contributed by atoms with van der Waals surface area (Å²) in [6, 6.07) is 4.69. The first-order chi connectivity index (χ1) is 7.77. The van der Waals surface area contributed by atoms with Crippen LogP contribution < -0.4 is 0 Å². The van der Waals surface area contributed by atoms with Crippen LogP contribution in [0.2, 0.25) is 0 Å². The fourth-order valence-corrected chi connectivity index (χ4v) is 1.23. The minimum atomic E-state index is -0.375. The Morgan fingerprint density at radius 3 is 2.94 bits per heavy atom. The molecule has 0 spiro atoms. The summed E-state index contributed by atoms with van der Waals surface area (Å²) in [7, 11) is 0. The van der Waals surface area contributed by atoms with Crippen molar-refractivity contribution in [3.8, 4) is 11.8 Å². The molecule has 0 aliphatic carbocycles. The lowest BCUT2D eigenvalue weighted by atomic mass is 10.1. The molecule has 0 fully saturated rings. The lowest BCUT2D eigenvalue weighted by molar-refractivity contribution is 0.121. The summed E-state index contributed by atoms with van der Waals surface area (Å²) in [4.78, 5) is 0. The van der Waals surface area contributed by atoms with E-state index >= 15 is 0 Å². The lowest BCUT2D eigenvalue weighted by Gasteiger charge is -2.03. The molecule has 0 saturated heterocycles. The summed E-state index contributed by atoms with van der Waals surface area (Å²) in [5, 5.41) is 8.54. The molecule has 1 rings (SSSR count). The predicted octanol–water partition coefficient (Wildman–Crippen LogP) is 2.10. The molecule has 1 N–H and O–H groups in total. The van der Waals surface area contributed by atoms with Crippen molar-refractivity contribution in [2.24, 2.45) is 0 Å². The Morgan fingerprint density at radius 2 is 2.25 bits per heavy atom. The molecule has 0 radical (unpaired) electrons. The molecule has 16 heavy (non-hydrogen) atoms. The molecule has 0 unspecified atom stereocenters. The van der Waals surface area contributed by atoms with Crippen molar-refractivity contribution in [1.82, 2.24) is 0 Å². The average molecular weight is 222 g/mol. The molecule has 0 bridgehead atoms. The summed E-state index contributed by atoms with van der Waals surface area (Å²) < 4.78 is 18.6. The minimum Gasteiger partial charge on any atom is -0.384 e. The zero-order valence-electron chi connectivity index (χ0n) is 9.29. The van der Waals surface area contributed by atoms with Gasteiger partial charge >= 0.3 is 0 Å². The summed E-state index contributed by atoms with van der Waals surface area (Å²) in [5.74, 6) is 4.61. The molecule has 1 aromatic carbocycles. The van der Waals surface area contributed by atoms with Crippen molar-refractivity contribution in [1.29, 1.82) is 0 Å². The number of aliphatic hydroxyl groups is 1. The van der Waals surface area contributed by atoms with Crippen molar-refractivity contribution in [3.05, 3.63) is 35.1 Å². The van der Waals surface area contributed by atoms with Gasteiger partial charge in [0.05, 0.1) is 12.2 Å². The van der Waals surface area contributed by atoms with Crippen molar-refractivity contribution in [2.75, 3.05) is 13.2 Å². The highest BCUT2D eigenvalue weighted by Gasteiger charge is 2.01. The van der Waals surface area contributed by atoms with Crippen LogP contribution in [-0.2, 0) is 11.3 Å². The van der Waals surface area contributed by atoms with Crippen LogP contribution >= 0.6 is 0 Å². The van der Waals surface area contributed by atoms with E-state index in [-0.39, 0.29) is 12.4 Å². The Balaban J connectivity index is 2.73. The van der Waals surface area contributed by atoms with E-state index in [0.717, 1.165) is 12.0 Å². The third-order valence-electron chi connectivity index (χ3n) is 1.95. The first kappa shape index (κ1) is 12.7. The minimum absolute atomic E-state index is 0.268. The van der Waals surface area contributed by atoms with E-state index in [1.54, 1.807) is 12.1 Å². The second-order valence-electron chi connectivity index (χ2n) is 3.33. The Hall–Kier alpha value is -1.37. The SMILES string of the molecule is CCCOCc1ccc(F)c(C#CCO)c1. The Bertz CT molecular complexity index is 391. The second kappa shape index (κ2) is 7.00. The van der Waals surface area contributed by atoms with Crippen molar-refractivity contribution in [2.45, 2.75) is 20.0 Å². The zero-order chi connectivity index (χ0) is 11.8. The number of ether oxygens (including phenoxy) is 1. The molecule has 0 atom stereocenters. The first-order valence-electron chi connectivity index (χ1n) is 5.23. The molecular weight excluding hydrogens is 207 g/mol. The average Bonchev–Trinajstić information content (AvgIpc) is 2.30. The topological polar surface area (TPSA) is 29.5 Å². The third kappa shape index (κ3) is 4.01. The highest BCUT2D eigenvalue weighted by Crippen LogP contribution is 2.10. The molecule has 0 aliphatic heterocycles. The smallest absolute Gasteiger partial charge is 0.138 e. The van der Waals surface area contributed by atoms with Crippen LogP contribution in [0.4, 0.5) is 4.39 Å². The summed E-state index contributed by atoms with van der Waals surface area (Å²) in [6.45, 7) is 2.91. The molecule has 86 valence electrons. The van der Waals surface area contributed by atoms with Gasteiger partial charge < -0.3 is 9.84 Å². The van der Waals surface area contributed by atoms with Crippen LogP contribution in [-0.4, -0.2) is 18.3 Å². The molecule has 0 aliphatic rings. The van der Waals surface area contributed by atoms with Gasteiger partial charge in [-0.1, -0.05) is 24.8 Å². The monoisotopic (exact) mass is 222 g/mol. The quantitative estimate of drug-likeness (QED) is 0.624. The molecule has 0 amide bonds. The predicted molar refractivity (Wildman–Crippen MR) is 60.3 cm³/mol. The van der Waals surface area contributed by atoms with Gasteiger partial charge in [0.1, 0.15) is 12.4 Å². The highest BCUT2D eigenvalue weighted by atomic mass is 19.1. The standard InChI is InChI=1S/C13H15FO2/c1-2-8-16-10-11-5-6-13(14)12(9-11)4-3-7-15/h5-6,9,15H,2,7-8,10H2,1H3. The van der Waals surface area contributed by atoms with Gasteiger partial charge in [-0.05, 0) is 24.1 Å². The van der Waals surface area contributed by atoms with Gasteiger partial charge in [0.25, 0.3) is 0 Å². The normalized spacial score (nSPS) is 9.69. The number of rotatable bonds is 4.